The van der Waals surface area contributed by atoms with Crippen LogP contribution in [0.5, 0.6) is 5.75 Å². The SMILES string of the molecule is COc1ccc(C(=O)n2ccccc2=NC2CCCCC2)cc1S(=O)(=O)N(C)C. The molecule has 0 saturated heterocycles. The van der Waals surface area contributed by atoms with Gasteiger partial charge in [0.2, 0.25) is 10.0 Å². The number of rotatable bonds is 5. The Hall–Kier alpha value is -2.45. The number of hydrogen-bond acceptors (Lipinski definition) is 5. The van der Waals surface area contributed by atoms with Gasteiger partial charge in [-0.3, -0.25) is 14.4 Å². The van der Waals surface area contributed by atoms with Crippen molar-refractivity contribution in [3.05, 3.63) is 53.6 Å². The quantitative estimate of drug-likeness (QED) is 0.749. The third-order valence-electron chi connectivity index (χ3n) is 5.12. The lowest BCUT2D eigenvalue weighted by Crippen LogP contribution is -2.29. The van der Waals surface area contributed by atoms with E-state index < -0.39 is 10.0 Å². The number of methoxy groups -OCH3 is 1. The van der Waals surface area contributed by atoms with E-state index in [4.69, 9.17) is 9.73 Å². The van der Waals surface area contributed by atoms with Gasteiger partial charge in [-0.2, -0.15) is 0 Å². The Labute approximate surface area is 171 Å². The lowest BCUT2D eigenvalue weighted by Gasteiger charge is -2.18. The van der Waals surface area contributed by atoms with Crippen LogP contribution in [-0.4, -0.2) is 50.4 Å². The van der Waals surface area contributed by atoms with Crippen LogP contribution >= 0.6 is 0 Å². The van der Waals surface area contributed by atoms with E-state index in [9.17, 15) is 13.2 Å². The second kappa shape index (κ2) is 8.92. The van der Waals surface area contributed by atoms with E-state index in [-0.39, 0.29) is 28.2 Å². The molecule has 1 aliphatic rings. The molecule has 8 heteroatoms. The van der Waals surface area contributed by atoms with Gasteiger partial charge in [-0.1, -0.05) is 25.3 Å². The minimum Gasteiger partial charge on any atom is -0.495 e. The first-order valence-electron chi connectivity index (χ1n) is 9.71. The molecule has 0 radical (unpaired) electrons. The van der Waals surface area contributed by atoms with Crippen LogP contribution in [-0.2, 0) is 10.0 Å². The fourth-order valence-electron chi connectivity index (χ4n) is 3.46. The summed E-state index contributed by atoms with van der Waals surface area (Å²) >= 11 is 0. The Kier molecular flexibility index (Phi) is 6.54. The third-order valence-corrected chi connectivity index (χ3v) is 6.95. The molecule has 156 valence electrons. The number of ether oxygens (including phenoxy) is 1. The number of carbonyl (C=O) groups excluding carboxylic acids is 1. The summed E-state index contributed by atoms with van der Waals surface area (Å²) in [5.41, 5.74) is 0.833. The van der Waals surface area contributed by atoms with Crippen LogP contribution in [0.3, 0.4) is 0 Å². The summed E-state index contributed by atoms with van der Waals surface area (Å²) < 4.78 is 33.1. The van der Waals surface area contributed by atoms with Gasteiger partial charge in [-0.25, -0.2) is 12.7 Å². The van der Waals surface area contributed by atoms with E-state index in [1.165, 1.54) is 44.3 Å². The molecular formula is C21H27N3O4S. The number of sulfonamides is 1. The molecule has 1 aromatic carbocycles. The minimum atomic E-state index is -3.77. The zero-order valence-corrected chi connectivity index (χ0v) is 17.9. The first kappa shape index (κ1) is 21.3. The molecule has 3 rings (SSSR count). The molecule has 29 heavy (non-hydrogen) atoms. The average Bonchev–Trinajstić information content (AvgIpc) is 2.73. The molecule has 1 aliphatic carbocycles. The number of hydrogen-bond donors (Lipinski definition) is 0. The van der Waals surface area contributed by atoms with Gasteiger partial charge < -0.3 is 4.74 Å². The molecule has 2 aromatic rings. The van der Waals surface area contributed by atoms with Crippen molar-refractivity contribution in [1.29, 1.82) is 0 Å². The Morgan fingerprint density at radius 2 is 1.86 bits per heavy atom. The largest absolute Gasteiger partial charge is 0.495 e. The Morgan fingerprint density at radius 1 is 1.14 bits per heavy atom. The van der Waals surface area contributed by atoms with Gasteiger partial charge in [-0.15, -0.1) is 0 Å². The first-order chi connectivity index (χ1) is 13.8. The van der Waals surface area contributed by atoms with Crippen molar-refractivity contribution in [3.8, 4) is 5.75 Å². The fraction of sp³-hybridized carbons (Fsp3) is 0.429. The molecule has 1 aromatic heterocycles. The smallest absolute Gasteiger partial charge is 0.263 e. The van der Waals surface area contributed by atoms with Crippen molar-refractivity contribution in [2.24, 2.45) is 4.99 Å². The normalized spacial score (nSPS) is 16.2. The molecule has 0 bridgehead atoms. The van der Waals surface area contributed by atoms with Crippen LogP contribution < -0.4 is 10.2 Å². The summed E-state index contributed by atoms with van der Waals surface area (Å²) in [6, 6.07) is 10.1. The van der Waals surface area contributed by atoms with E-state index in [0.29, 0.717) is 5.49 Å². The van der Waals surface area contributed by atoms with Crippen molar-refractivity contribution >= 4 is 15.9 Å². The Balaban J connectivity index is 2.05. The van der Waals surface area contributed by atoms with Gasteiger partial charge >= 0.3 is 0 Å². The molecule has 0 spiro atoms. The van der Waals surface area contributed by atoms with Crippen LogP contribution in [0.15, 0.2) is 52.5 Å². The number of nitrogens with zero attached hydrogens (tertiary/aromatic N) is 3. The molecular weight excluding hydrogens is 390 g/mol. The molecule has 1 heterocycles. The van der Waals surface area contributed by atoms with Crippen molar-refractivity contribution in [1.82, 2.24) is 8.87 Å². The lowest BCUT2D eigenvalue weighted by molar-refractivity contribution is 0.0954. The molecule has 0 amide bonds. The number of pyridine rings is 1. The van der Waals surface area contributed by atoms with Gasteiger partial charge in [0.1, 0.15) is 16.1 Å². The van der Waals surface area contributed by atoms with Gasteiger partial charge in [0.25, 0.3) is 5.91 Å². The van der Waals surface area contributed by atoms with Crippen LogP contribution in [0.4, 0.5) is 0 Å². The number of aromatic nitrogens is 1. The van der Waals surface area contributed by atoms with E-state index in [1.807, 2.05) is 12.1 Å². The Bertz CT molecular complexity index is 1050. The summed E-state index contributed by atoms with van der Waals surface area (Å²) in [6.07, 6.45) is 7.25. The van der Waals surface area contributed by atoms with E-state index in [0.717, 1.165) is 30.0 Å². The van der Waals surface area contributed by atoms with E-state index in [1.54, 1.807) is 18.3 Å². The molecule has 7 nitrogen and oxygen atoms in total. The summed E-state index contributed by atoms with van der Waals surface area (Å²) in [4.78, 5) is 18.0. The topological polar surface area (TPSA) is 81.0 Å². The second-order valence-electron chi connectivity index (χ2n) is 7.31. The monoisotopic (exact) mass is 417 g/mol. The molecule has 1 fully saturated rings. The van der Waals surface area contributed by atoms with Crippen molar-refractivity contribution in [3.63, 3.8) is 0 Å². The number of carbonyl (C=O) groups is 1. The maximum atomic E-state index is 13.2. The van der Waals surface area contributed by atoms with Gasteiger partial charge in [0.15, 0.2) is 0 Å². The van der Waals surface area contributed by atoms with Gasteiger partial charge in [0.05, 0.1) is 13.2 Å². The van der Waals surface area contributed by atoms with Crippen LogP contribution in [0.25, 0.3) is 0 Å². The third kappa shape index (κ3) is 4.59. The van der Waals surface area contributed by atoms with Crippen molar-refractivity contribution in [2.75, 3.05) is 21.2 Å². The van der Waals surface area contributed by atoms with Crippen molar-refractivity contribution in [2.45, 2.75) is 43.0 Å². The predicted molar refractivity (Wildman–Crippen MR) is 110 cm³/mol. The summed E-state index contributed by atoms with van der Waals surface area (Å²) in [7, 11) is 0.516. The van der Waals surface area contributed by atoms with E-state index >= 15 is 0 Å². The second-order valence-corrected chi connectivity index (χ2v) is 9.43. The average molecular weight is 418 g/mol. The number of benzene rings is 1. The summed E-state index contributed by atoms with van der Waals surface area (Å²) in [5, 5.41) is 0. The zero-order chi connectivity index (χ0) is 21.0. The van der Waals surface area contributed by atoms with E-state index in [2.05, 4.69) is 0 Å². The molecule has 0 atom stereocenters. The van der Waals surface area contributed by atoms with Crippen LogP contribution in [0.1, 0.15) is 42.5 Å². The summed E-state index contributed by atoms with van der Waals surface area (Å²) in [6.45, 7) is 0. The fourth-order valence-corrected chi connectivity index (χ4v) is 4.53. The molecule has 1 saturated carbocycles. The highest BCUT2D eigenvalue weighted by molar-refractivity contribution is 7.89. The van der Waals surface area contributed by atoms with Crippen molar-refractivity contribution < 1.29 is 17.9 Å². The molecule has 0 unspecified atom stereocenters. The minimum absolute atomic E-state index is 0.0434. The zero-order valence-electron chi connectivity index (χ0n) is 17.0. The van der Waals surface area contributed by atoms with Crippen LogP contribution in [0.2, 0.25) is 0 Å². The highest BCUT2D eigenvalue weighted by atomic mass is 32.2. The van der Waals surface area contributed by atoms with Gasteiger partial charge in [0, 0.05) is 25.9 Å². The predicted octanol–water partition coefficient (Wildman–Crippen LogP) is 2.67. The maximum Gasteiger partial charge on any atom is 0.263 e. The Morgan fingerprint density at radius 3 is 2.52 bits per heavy atom. The van der Waals surface area contributed by atoms with Gasteiger partial charge in [-0.05, 0) is 43.2 Å². The maximum absolute atomic E-state index is 13.2. The van der Waals surface area contributed by atoms with Crippen LogP contribution in [0, 0.1) is 0 Å². The highest BCUT2D eigenvalue weighted by Gasteiger charge is 2.24. The highest BCUT2D eigenvalue weighted by Crippen LogP contribution is 2.27. The standard InChI is InChI=1S/C21H27N3O4S/c1-23(2)29(26,27)19-15-16(12-13-18(19)28-3)21(25)24-14-8-7-11-20(24)22-17-9-5-4-6-10-17/h7-8,11-15,17H,4-6,9-10H2,1-3H3. The first-order valence-corrected chi connectivity index (χ1v) is 11.2. The summed E-state index contributed by atoms with van der Waals surface area (Å²) in [5.74, 6) is -0.140. The molecule has 0 aliphatic heterocycles. The molecule has 0 N–H and O–H groups in total. The lowest BCUT2D eigenvalue weighted by atomic mass is 9.96.